The van der Waals surface area contributed by atoms with Crippen molar-refractivity contribution in [2.45, 2.75) is 44.2 Å². The summed E-state index contributed by atoms with van der Waals surface area (Å²) < 4.78 is 5.41. The summed E-state index contributed by atoms with van der Waals surface area (Å²) in [6, 6.07) is 9.64. The van der Waals surface area contributed by atoms with Gasteiger partial charge < -0.3 is 10.1 Å². The number of hydrogen-bond donors (Lipinski definition) is 1. The summed E-state index contributed by atoms with van der Waals surface area (Å²) in [5.41, 5.74) is 1.16. The van der Waals surface area contributed by atoms with E-state index in [0.29, 0.717) is 6.04 Å². The quantitative estimate of drug-likeness (QED) is 0.923. The van der Waals surface area contributed by atoms with Crippen molar-refractivity contribution < 1.29 is 4.74 Å². The molecule has 0 amide bonds. The van der Waals surface area contributed by atoms with Crippen molar-refractivity contribution in [2.24, 2.45) is 0 Å². The molecule has 3 rings (SSSR count). The lowest BCUT2D eigenvalue weighted by Gasteiger charge is -2.29. The smallest absolute Gasteiger partial charge is 0.126 e. The molecule has 0 aromatic heterocycles. The first kappa shape index (κ1) is 15.6. The summed E-state index contributed by atoms with van der Waals surface area (Å²) in [5.74, 6) is 0.950. The number of nitrogens with zero attached hydrogens (tertiary/aromatic N) is 1. The van der Waals surface area contributed by atoms with Gasteiger partial charge in [0, 0.05) is 30.7 Å². The normalized spacial score (nSPS) is 26.6. The summed E-state index contributed by atoms with van der Waals surface area (Å²) >= 11 is 0. The zero-order chi connectivity index (χ0) is 15.2. The largest absolute Gasteiger partial charge is 0.496 e. The fraction of sp³-hybridized carbons (Fsp3) is 0.579. The lowest BCUT2D eigenvalue weighted by atomic mass is 9.99. The number of para-hydroxylation sites is 1. The fourth-order valence-corrected chi connectivity index (χ4v) is 3.83. The number of ether oxygens (including phenoxy) is 1. The Morgan fingerprint density at radius 3 is 3.05 bits per heavy atom. The minimum atomic E-state index is 0.708. The summed E-state index contributed by atoms with van der Waals surface area (Å²) in [7, 11) is 1.73. The van der Waals surface area contributed by atoms with Gasteiger partial charge in [-0.1, -0.05) is 43.2 Å². The Bertz CT molecular complexity index is 500. The van der Waals surface area contributed by atoms with Gasteiger partial charge in [0.2, 0.25) is 0 Å². The van der Waals surface area contributed by atoms with Crippen LogP contribution in [0.4, 0.5) is 0 Å². The lowest BCUT2D eigenvalue weighted by molar-refractivity contribution is 0.231. The third-order valence-corrected chi connectivity index (χ3v) is 5.02. The molecule has 0 unspecified atom stereocenters. The first-order valence-corrected chi connectivity index (χ1v) is 8.65. The lowest BCUT2D eigenvalue weighted by Crippen LogP contribution is -2.43. The van der Waals surface area contributed by atoms with E-state index in [1.54, 1.807) is 7.11 Å². The SMILES string of the molecule is COc1ccccc1/C=C/CN1CC[C@@H]2NCCCCC[C@H]21. The van der Waals surface area contributed by atoms with Gasteiger partial charge in [-0.25, -0.2) is 0 Å². The molecule has 2 aliphatic heterocycles. The van der Waals surface area contributed by atoms with Crippen molar-refractivity contribution in [2.75, 3.05) is 26.7 Å². The zero-order valence-electron chi connectivity index (χ0n) is 13.6. The van der Waals surface area contributed by atoms with Gasteiger partial charge in [0.15, 0.2) is 0 Å². The molecular weight excluding hydrogens is 272 g/mol. The van der Waals surface area contributed by atoms with Gasteiger partial charge in [-0.3, -0.25) is 4.90 Å². The molecule has 120 valence electrons. The molecule has 1 N–H and O–H groups in total. The second kappa shape index (κ2) is 7.80. The van der Waals surface area contributed by atoms with Crippen LogP contribution in [0.3, 0.4) is 0 Å². The monoisotopic (exact) mass is 300 g/mol. The molecule has 0 aliphatic carbocycles. The molecule has 0 saturated carbocycles. The number of nitrogens with one attached hydrogen (secondary N) is 1. The fourth-order valence-electron chi connectivity index (χ4n) is 3.83. The Balaban J connectivity index is 1.59. The van der Waals surface area contributed by atoms with E-state index in [-0.39, 0.29) is 0 Å². The first-order chi connectivity index (χ1) is 10.9. The maximum Gasteiger partial charge on any atom is 0.126 e. The van der Waals surface area contributed by atoms with Gasteiger partial charge >= 0.3 is 0 Å². The van der Waals surface area contributed by atoms with Crippen LogP contribution >= 0.6 is 0 Å². The number of methoxy groups -OCH3 is 1. The minimum absolute atomic E-state index is 0.708. The second-order valence-corrected chi connectivity index (χ2v) is 6.41. The number of hydrogen-bond acceptors (Lipinski definition) is 3. The Kier molecular flexibility index (Phi) is 5.52. The molecule has 0 spiro atoms. The van der Waals surface area contributed by atoms with Crippen LogP contribution in [-0.4, -0.2) is 43.7 Å². The molecule has 2 fully saturated rings. The molecule has 1 aromatic carbocycles. The predicted molar refractivity (Wildman–Crippen MR) is 92.3 cm³/mol. The third kappa shape index (κ3) is 3.71. The van der Waals surface area contributed by atoms with Gasteiger partial charge in [0.05, 0.1) is 7.11 Å². The molecule has 3 heteroatoms. The third-order valence-electron chi connectivity index (χ3n) is 5.02. The molecule has 3 nitrogen and oxygen atoms in total. The topological polar surface area (TPSA) is 24.5 Å². The van der Waals surface area contributed by atoms with Gasteiger partial charge in [-0.05, 0) is 31.9 Å². The maximum absolute atomic E-state index is 5.41. The molecule has 2 aliphatic rings. The van der Waals surface area contributed by atoms with Crippen LogP contribution < -0.4 is 10.1 Å². The average molecular weight is 300 g/mol. The highest BCUT2D eigenvalue weighted by atomic mass is 16.5. The molecule has 22 heavy (non-hydrogen) atoms. The van der Waals surface area contributed by atoms with Gasteiger partial charge in [-0.15, -0.1) is 0 Å². The molecule has 0 bridgehead atoms. The van der Waals surface area contributed by atoms with Crippen LogP contribution in [0.2, 0.25) is 0 Å². The summed E-state index contributed by atoms with van der Waals surface area (Å²) in [5, 5.41) is 3.75. The Morgan fingerprint density at radius 1 is 1.23 bits per heavy atom. The van der Waals surface area contributed by atoms with Crippen LogP contribution in [0.1, 0.15) is 37.7 Å². The minimum Gasteiger partial charge on any atom is -0.496 e. The summed E-state index contributed by atoms with van der Waals surface area (Å²) in [4.78, 5) is 2.65. The van der Waals surface area contributed by atoms with Crippen LogP contribution in [0.25, 0.3) is 6.08 Å². The van der Waals surface area contributed by atoms with Crippen molar-refractivity contribution in [3.8, 4) is 5.75 Å². The summed E-state index contributed by atoms with van der Waals surface area (Å²) in [6.07, 6.45) is 11.2. The number of rotatable bonds is 4. The predicted octanol–water partition coefficient (Wildman–Crippen LogP) is 3.31. The standard InChI is InChI=1S/C19H28N2O/c1-22-19-11-5-4-8-16(19)9-7-14-21-15-12-17-18(21)10-3-2-6-13-20-17/h4-5,7-9,11,17-18,20H,2-3,6,10,12-15H2,1H3/b9-7+/t17-,18+/m0/s1. The van der Waals surface area contributed by atoms with Gasteiger partial charge in [-0.2, -0.15) is 0 Å². The second-order valence-electron chi connectivity index (χ2n) is 6.41. The number of fused-ring (bicyclic) bond motifs is 1. The van der Waals surface area contributed by atoms with E-state index in [1.807, 2.05) is 12.1 Å². The molecule has 1 aromatic rings. The van der Waals surface area contributed by atoms with Crippen molar-refractivity contribution >= 4 is 6.08 Å². The van der Waals surface area contributed by atoms with Crippen molar-refractivity contribution in [1.82, 2.24) is 10.2 Å². The van der Waals surface area contributed by atoms with Crippen molar-refractivity contribution in [3.05, 3.63) is 35.9 Å². The van der Waals surface area contributed by atoms with Gasteiger partial charge in [0.1, 0.15) is 5.75 Å². The van der Waals surface area contributed by atoms with E-state index in [0.717, 1.165) is 23.9 Å². The van der Waals surface area contributed by atoms with E-state index in [4.69, 9.17) is 4.74 Å². The number of likely N-dealkylation sites (tertiary alicyclic amines) is 1. The highest BCUT2D eigenvalue weighted by Gasteiger charge is 2.32. The molecular formula is C19H28N2O. The maximum atomic E-state index is 5.41. The zero-order valence-corrected chi connectivity index (χ0v) is 13.6. The Morgan fingerprint density at radius 2 is 2.14 bits per heavy atom. The first-order valence-electron chi connectivity index (χ1n) is 8.65. The van der Waals surface area contributed by atoms with Crippen LogP contribution in [0.5, 0.6) is 5.75 Å². The van der Waals surface area contributed by atoms with E-state index >= 15 is 0 Å². The van der Waals surface area contributed by atoms with E-state index < -0.39 is 0 Å². The van der Waals surface area contributed by atoms with E-state index in [9.17, 15) is 0 Å². The molecule has 2 saturated heterocycles. The average Bonchev–Trinajstić information content (AvgIpc) is 2.88. The molecule has 0 radical (unpaired) electrons. The van der Waals surface area contributed by atoms with E-state index in [1.165, 1.54) is 45.2 Å². The highest BCUT2D eigenvalue weighted by molar-refractivity contribution is 5.57. The van der Waals surface area contributed by atoms with E-state index in [2.05, 4.69) is 34.5 Å². The molecule has 2 atom stereocenters. The number of benzene rings is 1. The van der Waals surface area contributed by atoms with Gasteiger partial charge in [0.25, 0.3) is 0 Å². The Hall–Kier alpha value is -1.32. The van der Waals surface area contributed by atoms with Crippen LogP contribution in [0, 0.1) is 0 Å². The van der Waals surface area contributed by atoms with Crippen molar-refractivity contribution in [1.29, 1.82) is 0 Å². The molecule has 2 heterocycles. The van der Waals surface area contributed by atoms with Crippen molar-refractivity contribution in [3.63, 3.8) is 0 Å². The Labute approximate surface area is 134 Å². The summed E-state index contributed by atoms with van der Waals surface area (Å²) in [6.45, 7) is 3.46. The van der Waals surface area contributed by atoms with Crippen LogP contribution in [-0.2, 0) is 0 Å². The highest BCUT2D eigenvalue weighted by Crippen LogP contribution is 2.25. The van der Waals surface area contributed by atoms with Crippen LogP contribution in [0.15, 0.2) is 30.3 Å².